The summed E-state index contributed by atoms with van der Waals surface area (Å²) in [5.41, 5.74) is 7.53. The van der Waals surface area contributed by atoms with E-state index in [1.165, 1.54) is 11.5 Å². The molecule has 15 heavy (non-hydrogen) atoms. The van der Waals surface area contributed by atoms with E-state index in [4.69, 9.17) is 10.5 Å². The SMILES string of the molecule is Cc1ccc(Oc2nc(C)ns2)c(N)c1. The molecule has 0 saturated carbocycles. The van der Waals surface area contributed by atoms with Gasteiger partial charge in [-0.15, -0.1) is 0 Å². The minimum atomic E-state index is 0.517. The van der Waals surface area contributed by atoms with Crippen molar-refractivity contribution in [3.05, 3.63) is 29.6 Å². The Balaban J connectivity index is 2.24. The summed E-state index contributed by atoms with van der Waals surface area (Å²) in [4.78, 5) is 4.10. The third kappa shape index (κ3) is 2.24. The lowest BCUT2D eigenvalue weighted by Crippen LogP contribution is -1.92. The van der Waals surface area contributed by atoms with Gasteiger partial charge in [0.2, 0.25) is 0 Å². The van der Waals surface area contributed by atoms with E-state index in [2.05, 4.69) is 9.36 Å². The van der Waals surface area contributed by atoms with Gasteiger partial charge in [-0.05, 0) is 31.5 Å². The van der Waals surface area contributed by atoms with Crippen molar-refractivity contribution in [3.63, 3.8) is 0 Å². The van der Waals surface area contributed by atoms with Crippen molar-refractivity contribution in [2.24, 2.45) is 0 Å². The van der Waals surface area contributed by atoms with Gasteiger partial charge in [0.1, 0.15) is 5.82 Å². The highest BCUT2D eigenvalue weighted by Gasteiger charge is 2.05. The van der Waals surface area contributed by atoms with Gasteiger partial charge in [-0.25, -0.2) is 0 Å². The van der Waals surface area contributed by atoms with E-state index >= 15 is 0 Å². The van der Waals surface area contributed by atoms with Gasteiger partial charge in [0.05, 0.1) is 5.69 Å². The first-order chi connectivity index (χ1) is 7.15. The molecule has 0 atom stereocenters. The molecule has 2 rings (SSSR count). The highest BCUT2D eigenvalue weighted by atomic mass is 32.1. The molecule has 0 radical (unpaired) electrons. The fourth-order valence-corrected chi connectivity index (χ4v) is 1.73. The van der Waals surface area contributed by atoms with Gasteiger partial charge in [-0.1, -0.05) is 6.07 Å². The van der Waals surface area contributed by atoms with Crippen molar-refractivity contribution >= 4 is 17.2 Å². The van der Waals surface area contributed by atoms with Gasteiger partial charge in [0.25, 0.3) is 5.19 Å². The summed E-state index contributed by atoms with van der Waals surface area (Å²) < 4.78 is 9.53. The first kappa shape index (κ1) is 9.92. The molecule has 0 aliphatic rings. The molecule has 1 heterocycles. The van der Waals surface area contributed by atoms with E-state index in [1.54, 1.807) is 0 Å². The van der Waals surface area contributed by atoms with Crippen molar-refractivity contribution in [2.45, 2.75) is 13.8 Å². The topological polar surface area (TPSA) is 61.0 Å². The highest BCUT2D eigenvalue weighted by Crippen LogP contribution is 2.28. The van der Waals surface area contributed by atoms with Crippen molar-refractivity contribution in [2.75, 3.05) is 5.73 Å². The predicted octanol–water partition coefficient (Wildman–Crippen LogP) is 2.53. The van der Waals surface area contributed by atoms with Crippen molar-refractivity contribution in [1.29, 1.82) is 0 Å². The third-order valence-corrected chi connectivity index (χ3v) is 2.56. The Morgan fingerprint density at radius 2 is 2.13 bits per heavy atom. The summed E-state index contributed by atoms with van der Waals surface area (Å²) in [7, 11) is 0. The van der Waals surface area contributed by atoms with Crippen LogP contribution >= 0.6 is 11.5 Å². The number of rotatable bonds is 2. The number of nitrogens with two attached hydrogens (primary N) is 1. The quantitative estimate of drug-likeness (QED) is 0.791. The van der Waals surface area contributed by atoms with Gasteiger partial charge < -0.3 is 10.5 Å². The fourth-order valence-electron chi connectivity index (χ4n) is 1.17. The van der Waals surface area contributed by atoms with Crippen LogP contribution in [0.15, 0.2) is 18.2 Å². The second-order valence-corrected chi connectivity index (χ2v) is 3.97. The van der Waals surface area contributed by atoms with Crippen LogP contribution in [0.3, 0.4) is 0 Å². The van der Waals surface area contributed by atoms with Crippen LogP contribution < -0.4 is 10.5 Å². The third-order valence-electron chi connectivity index (χ3n) is 1.87. The molecule has 1 aromatic carbocycles. The number of hydrogen-bond acceptors (Lipinski definition) is 5. The number of aryl methyl sites for hydroxylation is 2. The average molecular weight is 221 g/mol. The van der Waals surface area contributed by atoms with Crippen molar-refractivity contribution in [1.82, 2.24) is 9.36 Å². The van der Waals surface area contributed by atoms with Gasteiger partial charge in [-0.2, -0.15) is 9.36 Å². The van der Waals surface area contributed by atoms with Crippen LogP contribution in [-0.4, -0.2) is 9.36 Å². The van der Waals surface area contributed by atoms with Crippen LogP contribution in [0.5, 0.6) is 10.9 Å². The van der Waals surface area contributed by atoms with E-state index in [0.717, 1.165) is 5.56 Å². The van der Waals surface area contributed by atoms with E-state index in [-0.39, 0.29) is 0 Å². The number of aromatic nitrogens is 2. The molecule has 2 N–H and O–H groups in total. The summed E-state index contributed by atoms with van der Waals surface area (Å²) in [6.45, 7) is 3.80. The molecule has 1 aromatic heterocycles. The molecule has 0 spiro atoms. The zero-order valence-corrected chi connectivity index (χ0v) is 9.34. The molecule has 5 heteroatoms. The number of nitrogens with zero attached hydrogens (tertiary/aromatic N) is 2. The summed E-state index contributed by atoms with van der Waals surface area (Å²) in [6, 6.07) is 5.64. The first-order valence-corrected chi connectivity index (χ1v) is 5.27. The molecule has 0 amide bonds. The first-order valence-electron chi connectivity index (χ1n) is 4.49. The second kappa shape index (κ2) is 3.86. The van der Waals surface area contributed by atoms with Crippen LogP contribution in [0.2, 0.25) is 0 Å². The summed E-state index contributed by atoms with van der Waals surface area (Å²) in [6.07, 6.45) is 0. The summed E-state index contributed by atoms with van der Waals surface area (Å²) in [5.74, 6) is 1.33. The Kier molecular flexibility index (Phi) is 2.55. The molecule has 4 nitrogen and oxygen atoms in total. The predicted molar refractivity (Wildman–Crippen MR) is 60.3 cm³/mol. The van der Waals surface area contributed by atoms with Crippen LogP contribution in [0.4, 0.5) is 5.69 Å². The molecule has 78 valence electrons. The monoisotopic (exact) mass is 221 g/mol. The van der Waals surface area contributed by atoms with Gasteiger partial charge in [0.15, 0.2) is 5.75 Å². The minimum Gasteiger partial charge on any atom is -0.428 e. The van der Waals surface area contributed by atoms with Gasteiger partial charge in [0, 0.05) is 11.5 Å². The van der Waals surface area contributed by atoms with Gasteiger partial charge in [-0.3, -0.25) is 0 Å². The number of hydrogen-bond donors (Lipinski definition) is 1. The Morgan fingerprint density at radius 1 is 1.33 bits per heavy atom. The normalized spacial score (nSPS) is 10.3. The standard InChI is InChI=1S/C10H11N3OS/c1-6-3-4-9(8(11)5-6)14-10-12-7(2)13-15-10/h3-5H,11H2,1-2H3. The van der Waals surface area contributed by atoms with Crippen molar-refractivity contribution in [3.8, 4) is 10.9 Å². The number of anilines is 1. The Morgan fingerprint density at radius 3 is 2.73 bits per heavy atom. The van der Waals surface area contributed by atoms with Crippen LogP contribution in [0.25, 0.3) is 0 Å². The van der Waals surface area contributed by atoms with Crippen LogP contribution in [-0.2, 0) is 0 Å². The number of nitrogen functional groups attached to an aromatic ring is 1. The minimum absolute atomic E-state index is 0.517. The maximum absolute atomic E-state index is 5.81. The summed E-state index contributed by atoms with van der Waals surface area (Å²) >= 11 is 1.22. The largest absolute Gasteiger partial charge is 0.428 e. The molecule has 0 fully saturated rings. The van der Waals surface area contributed by atoms with E-state index in [1.807, 2.05) is 32.0 Å². The van der Waals surface area contributed by atoms with Gasteiger partial charge >= 0.3 is 0 Å². The molecule has 0 bridgehead atoms. The van der Waals surface area contributed by atoms with E-state index < -0.39 is 0 Å². The van der Waals surface area contributed by atoms with E-state index in [0.29, 0.717) is 22.5 Å². The Hall–Kier alpha value is -1.62. The smallest absolute Gasteiger partial charge is 0.298 e. The second-order valence-electron chi connectivity index (χ2n) is 3.25. The molecule has 0 unspecified atom stereocenters. The fraction of sp³-hybridized carbons (Fsp3) is 0.200. The summed E-state index contributed by atoms with van der Waals surface area (Å²) in [5, 5.41) is 0.517. The zero-order chi connectivity index (χ0) is 10.8. The Bertz CT molecular complexity index is 481. The molecule has 0 saturated heterocycles. The van der Waals surface area contributed by atoms with Crippen molar-refractivity contribution < 1.29 is 4.74 Å². The molecular formula is C10H11N3OS. The lowest BCUT2D eigenvalue weighted by atomic mass is 10.2. The maximum Gasteiger partial charge on any atom is 0.298 e. The van der Waals surface area contributed by atoms with E-state index in [9.17, 15) is 0 Å². The average Bonchev–Trinajstić information content (AvgIpc) is 2.56. The van der Waals surface area contributed by atoms with Crippen LogP contribution in [0.1, 0.15) is 11.4 Å². The number of ether oxygens (including phenoxy) is 1. The Labute approximate surface area is 91.9 Å². The highest BCUT2D eigenvalue weighted by molar-refractivity contribution is 7.07. The number of benzene rings is 1. The molecule has 2 aromatic rings. The lowest BCUT2D eigenvalue weighted by molar-refractivity contribution is 0.480. The molecular weight excluding hydrogens is 210 g/mol. The molecule has 0 aliphatic carbocycles. The zero-order valence-electron chi connectivity index (χ0n) is 8.52. The maximum atomic E-state index is 5.81. The molecule has 0 aliphatic heterocycles. The lowest BCUT2D eigenvalue weighted by Gasteiger charge is -2.05. The van der Waals surface area contributed by atoms with Crippen LogP contribution in [0, 0.1) is 13.8 Å².